The highest BCUT2D eigenvalue weighted by atomic mass is 35.5. The monoisotopic (exact) mass is 281 g/mol. The lowest BCUT2D eigenvalue weighted by molar-refractivity contribution is 0.0796. The van der Waals surface area contributed by atoms with Gasteiger partial charge >= 0.3 is 0 Å². The fraction of sp³-hybridized carbons (Fsp3) is 0.600. The van der Waals surface area contributed by atoms with E-state index in [-0.39, 0.29) is 6.10 Å². The molecule has 0 spiro atoms. The molecule has 104 valence electrons. The summed E-state index contributed by atoms with van der Waals surface area (Å²) in [5.74, 6) is 0.973. The van der Waals surface area contributed by atoms with Gasteiger partial charge in [-0.05, 0) is 43.5 Å². The maximum atomic E-state index is 6.00. The first-order chi connectivity index (χ1) is 9.22. The highest BCUT2D eigenvalue weighted by Crippen LogP contribution is 2.30. The van der Waals surface area contributed by atoms with Gasteiger partial charge in [-0.1, -0.05) is 11.6 Å². The lowest BCUT2D eigenvalue weighted by Gasteiger charge is -2.22. The van der Waals surface area contributed by atoms with E-state index >= 15 is 0 Å². The molecule has 0 amide bonds. The number of hydrogen-bond donors (Lipinski definition) is 1. The first kappa shape index (κ1) is 13.2. The zero-order chi connectivity index (χ0) is 13.2. The number of rotatable bonds is 4. The number of hydrogen-bond acceptors (Lipinski definition) is 3. The lowest BCUT2D eigenvalue weighted by Crippen LogP contribution is -2.42. The van der Waals surface area contributed by atoms with Gasteiger partial charge in [-0.15, -0.1) is 0 Å². The van der Waals surface area contributed by atoms with Gasteiger partial charge in [0.1, 0.15) is 11.9 Å². The molecule has 2 aliphatic heterocycles. The van der Waals surface area contributed by atoms with Crippen molar-refractivity contribution in [1.29, 1.82) is 0 Å². The van der Waals surface area contributed by atoms with Gasteiger partial charge in [-0.3, -0.25) is 0 Å². The zero-order valence-electron chi connectivity index (χ0n) is 11.2. The first-order valence-electron chi connectivity index (χ1n) is 7.02. The Labute approximate surface area is 119 Å². The van der Waals surface area contributed by atoms with Crippen LogP contribution in [0.15, 0.2) is 18.2 Å². The van der Waals surface area contributed by atoms with Crippen LogP contribution in [0, 0.1) is 0 Å². The van der Waals surface area contributed by atoms with Crippen LogP contribution in [0.5, 0.6) is 5.75 Å². The molecular formula is C15H20ClNO2. The molecule has 0 saturated carbocycles. The second-order valence-electron chi connectivity index (χ2n) is 5.44. The smallest absolute Gasteiger partial charge is 0.123 e. The molecule has 1 fully saturated rings. The predicted molar refractivity (Wildman–Crippen MR) is 76.0 cm³/mol. The first-order valence-corrected chi connectivity index (χ1v) is 7.40. The van der Waals surface area contributed by atoms with Crippen molar-refractivity contribution in [2.45, 2.75) is 44.4 Å². The molecule has 3 rings (SSSR count). The van der Waals surface area contributed by atoms with Crippen molar-refractivity contribution in [2.75, 3.05) is 13.2 Å². The highest BCUT2D eigenvalue weighted by molar-refractivity contribution is 6.30. The minimum atomic E-state index is 0.206. The predicted octanol–water partition coefficient (Wildman–Crippen LogP) is 2.80. The Morgan fingerprint density at radius 2 is 2.37 bits per heavy atom. The third-order valence-corrected chi connectivity index (χ3v) is 4.19. The van der Waals surface area contributed by atoms with Crippen molar-refractivity contribution in [1.82, 2.24) is 5.32 Å². The van der Waals surface area contributed by atoms with E-state index in [2.05, 4.69) is 12.2 Å². The van der Waals surface area contributed by atoms with Crippen LogP contribution in [-0.4, -0.2) is 31.4 Å². The molecule has 1 aromatic carbocycles. The summed E-state index contributed by atoms with van der Waals surface area (Å²) in [6, 6.07) is 6.23. The molecular weight excluding hydrogens is 262 g/mol. The highest BCUT2D eigenvalue weighted by Gasteiger charge is 2.26. The van der Waals surface area contributed by atoms with E-state index in [4.69, 9.17) is 21.1 Å². The van der Waals surface area contributed by atoms with Gasteiger partial charge in [0.25, 0.3) is 0 Å². The Morgan fingerprint density at radius 3 is 3.16 bits per heavy atom. The van der Waals surface area contributed by atoms with Crippen molar-refractivity contribution in [2.24, 2.45) is 0 Å². The number of ether oxygens (including phenoxy) is 2. The zero-order valence-corrected chi connectivity index (χ0v) is 12.0. The van der Waals surface area contributed by atoms with Crippen LogP contribution in [0.3, 0.4) is 0 Å². The SMILES string of the molecule is CC(NCC1Cc2cc(Cl)ccc2O1)C1CCCO1. The van der Waals surface area contributed by atoms with Crippen LogP contribution in [0.2, 0.25) is 5.02 Å². The molecule has 19 heavy (non-hydrogen) atoms. The lowest BCUT2D eigenvalue weighted by atomic mass is 10.1. The minimum absolute atomic E-state index is 0.206. The van der Waals surface area contributed by atoms with Gasteiger partial charge in [0.2, 0.25) is 0 Å². The van der Waals surface area contributed by atoms with Gasteiger partial charge in [0.05, 0.1) is 6.10 Å². The van der Waals surface area contributed by atoms with Crippen molar-refractivity contribution < 1.29 is 9.47 Å². The van der Waals surface area contributed by atoms with E-state index in [1.807, 2.05) is 18.2 Å². The Morgan fingerprint density at radius 1 is 1.47 bits per heavy atom. The molecule has 3 unspecified atom stereocenters. The number of halogens is 1. The second-order valence-corrected chi connectivity index (χ2v) is 5.88. The summed E-state index contributed by atoms with van der Waals surface area (Å²) in [6.45, 7) is 3.95. The van der Waals surface area contributed by atoms with Gasteiger partial charge in [0, 0.05) is 30.6 Å². The van der Waals surface area contributed by atoms with E-state index < -0.39 is 0 Å². The maximum Gasteiger partial charge on any atom is 0.123 e. The molecule has 1 N–H and O–H groups in total. The van der Waals surface area contributed by atoms with Crippen LogP contribution in [0.4, 0.5) is 0 Å². The van der Waals surface area contributed by atoms with E-state index in [0.717, 1.165) is 36.8 Å². The van der Waals surface area contributed by atoms with E-state index in [9.17, 15) is 0 Å². The fourth-order valence-electron chi connectivity index (χ4n) is 2.85. The Balaban J connectivity index is 1.50. The molecule has 2 heterocycles. The Bertz CT molecular complexity index is 446. The summed E-state index contributed by atoms with van der Waals surface area (Å²) >= 11 is 6.00. The molecule has 0 radical (unpaired) electrons. The van der Waals surface area contributed by atoms with Crippen molar-refractivity contribution in [3.05, 3.63) is 28.8 Å². The third-order valence-electron chi connectivity index (χ3n) is 3.95. The molecule has 2 aliphatic rings. The summed E-state index contributed by atoms with van der Waals surface area (Å²) < 4.78 is 11.6. The van der Waals surface area contributed by atoms with E-state index in [1.165, 1.54) is 12.0 Å². The van der Waals surface area contributed by atoms with Crippen molar-refractivity contribution >= 4 is 11.6 Å². The van der Waals surface area contributed by atoms with Gasteiger partial charge in [-0.25, -0.2) is 0 Å². The molecule has 1 saturated heterocycles. The molecule has 0 aliphatic carbocycles. The van der Waals surface area contributed by atoms with Crippen molar-refractivity contribution in [3.63, 3.8) is 0 Å². The number of benzene rings is 1. The van der Waals surface area contributed by atoms with Crippen LogP contribution < -0.4 is 10.1 Å². The average Bonchev–Trinajstić information content (AvgIpc) is 3.04. The van der Waals surface area contributed by atoms with Gasteiger partial charge in [-0.2, -0.15) is 0 Å². The molecule has 3 atom stereocenters. The summed E-state index contributed by atoms with van der Waals surface area (Å²) in [6.07, 6.45) is 3.84. The number of nitrogens with one attached hydrogen (secondary N) is 1. The third kappa shape index (κ3) is 3.04. The molecule has 4 heteroatoms. The van der Waals surface area contributed by atoms with Gasteiger partial charge < -0.3 is 14.8 Å². The Hall–Kier alpha value is -0.770. The van der Waals surface area contributed by atoms with Crippen LogP contribution in [0.25, 0.3) is 0 Å². The summed E-state index contributed by atoms with van der Waals surface area (Å²) in [5, 5.41) is 4.31. The van der Waals surface area contributed by atoms with Crippen LogP contribution in [-0.2, 0) is 11.2 Å². The summed E-state index contributed by atoms with van der Waals surface area (Å²) in [5.41, 5.74) is 1.21. The van der Waals surface area contributed by atoms with Crippen molar-refractivity contribution in [3.8, 4) is 5.75 Å². The van der Waals surface area contributed by atoms with E-state index in [1.54, 1.807) is 0 Å². The molecule has 0 bridgehead atoms. The standard InChI is InChI=1S/C15H20ClNO2/c1-10(14-3-2-6-18-14)17-9-13-8-11-7-12(16)4-5-15(11)19-13/h4-5,7,10,13-14,17H,2-3,6,8-9H2,1H3. The molecule has 0 aromatic heterocycles. The quantitative estimate of drug-likeness (QED) is 0.921. The normalized spacial score (nSPS) is 27.1. The molecule has 3 nitrogen and oxygen atoms in total. The maximum absolute atomic E-state index is 6.00. The second kappa shape index (κ2) is 5.70. The fourth-order valence-corrected chi connectivity index (χ4v) is 3.04. The summed E-state index contributed by atoms with van der Waals surface area (Å²) in [4.78, 5) is 0. The van der Waals surface area contributed by atoms with Gasteiger partial charge in [0.15, 0.2) is 0 Å². The van der Waals surface area contributed by atoms with Crippen LogP contribution in [0.1, 0.15) is 25.3 Å². The van der Waals surface area contributed by atoms with Crippen LogP contribution >= 0.6 is 11.6 Å². The minimum Gasteiger partial charge on any atom is -0.488 e. The largest absolute Gasteiger partial charge is 0.488 e. The number of fused-ring (bicyclic) bond motifs is 1. The van der Waals surface area contributed by atoms with E-state index in [0.29, 0.717) is 12.1 Å². The average molecular weight is 282 g/mol. The molecule has 1 aromatic rings. The summed E-state index contributed by atoms with van der Waals surface area (Å²) in [7, 11) is 0. The topological polar surface area (TPSA) is 30.5 Å². The Kier molecular flexibility index (Phi) is 3.96.